The molecule has 2 heterocycles. The first-order valence-corrected chi connectivity index (χ1v) is 13.9. The number of piperazine rings is 1. The third-order valence-electron chi connectivity index (χ3n) is 8.47. The summed E-state index contributed by atoms with van der Waals surface area (Å²) in [6, 6.07) is 6.29. The molecule has 2 atom stereocenters. The highest BCUT2D eigenvalue weighted by atomic mass is 19.4. The summed E-state index contributed by atoms with van der Waals surface area (Å²) >= 11 is 0. The molecular formula is C30H33F7N4O3. The average molecular weight is 631 g/mol. The van der Waals surface area contributed by atoms with Crippen molar-refractivity contribution < 1.29 is 45.1 Å². The zero-order valence-corrected chi connectivity index (χ0v) is 24.6. The van der Waals surface area contributed by atoms with Crippen LogP contribution >= 0.6 is 0 Å². The highest BCUT2D eigenvalue weighted by Gasteiger charge is 2.46. The second-order valence-corrected chi connectivity index (χ2v) is 11.7. The Balaban J connectivity index is 1.67. The Morgan fingerprint density at radius 2 is 1.27 bits per heavy atom. The number of benzene rings is 2. The van der Waals surface area contributed by atoms with Gasteiger partial charge in [-0.25, -0.2) is 9.18 Å². The Morgan fingerprint density at radius 3 is 1.75 bits per heavy atom. The first kappa shape index (κ1) is 33.1. The molecule has 2 aliphatic heterocycles. The van der Waals surface area contributed by atoms with Crippen molar-refractivity contribution in [2.24, 2.45) is 0 Å². The fourth-order valence-electron chi connectivity index (χ4n) is 5.77. The predicted molar refractivity (Wildman–Crippen MR) is 146 cm³/mol. The van der Waals surface area contributed by atoms with Gasteiger partial charge in [0.15, 0.2) is 0 Å². The molecule has 0 aromatic heterocycles. The summed E-state index contributed by atoms with van der Waals surface area (Å²) in [5.41, 5.74) is -4.72. The SMILES string of the molecule is CC(=O)N1CCN(C(=O)N2CC(c3ccc(F)cc3)CC2N(C)C(=O)C(C)(C)c2cc(C(F)(F)F)cc(C(F)(F)F)c2)CC1. The van der Waals surface area contributed by atoms with E-state index in [-0.39, 0.29) is 43.9 Å². The molecule has 0 radical (unpaired) electrons. The molecule has 4 rings (SSSR count). The number of hydrogen-bond donors (Lipinski definition) is 0. The van der Waals surface area contributed by atoms with Crippen molar-refractivity contribution in [2.75, 3.05) is 39.8 Å². The smallest absolute Gasteiger partial charge is 0.339 e. The van der Waals surface area contributed by atoms with Crippen LogP contribution < -0.4 is 0 Å². The van der Waals surface area contributed by atoms with E-state index in [1.165, 1.54) is 54.7 Å². The molecule has 2 aromatic rings. The molecule has 2 aliphatic rings. The summed E-state index contributed by atoms with van der Waals surface area (Å²) in [5.74, 6) is -1.74. The van der Waals surface area contributed by atoms with Crippen molar-refractivity contribution in [2.45, 2.75) is 57.0 Å². The minimum Gasteiger partial charge on any atom is -0.339 e. The minimum absolute atomic E-state index is 0.00425. The lowest BCUT2D eigenvalue weighted by Crippen LogP contribution is -2.58. The van der Waals surface area contributed by atoms with Crippen LogP contribution in [0.3, 0.4) is 0 Å². The summed E-state index contributed by atoms with van der Waals surface area (Å²) < 4.78 is 95.1. The number of rotatable bonds is 4. The molecule has 2 saturated heterocycles. The van der Waals surface area contributed by atoms with Crippen molar-refractivity contribution in [3.05, 3.63) is 70.5 Å². The molecule has 240 valence electrons. The molecule has 0 N–H and O–H groups in total. The summed E-state index contributed by atoms with van der Waals surface area (Å²) in [6.07, 6.45) is -10.9. The molecule has 2 unspecified atom stereocenters. The van der Waals surface area contributed by atoms with Crippen LogP contribution in [0.25, 0.3) is 0 Å². The molecule has 0 aliphatic carbocycles. The van der Waals surface area contributed by atoms with Gasteiger partial charge in [-0.05, 0) is 61.7 Å². The first-order valence-electron chi connectivity index (χ1n) is 13.9. The normalized spacial score (nSPS) is 19.8. The molecule has 2 aromatic carbocycles. The number of hydrogen-bond acceptors (Lipinski definition) is 3. The van der Waals surface area contributed by atoms with E-state index in [0.29, 0.717) is 30.8 Å². The van der Waals surface area contributed by atoms with E-state index >= 15 is 0 Å². The number of carbonyl (C=O) groups excluding carboxylic acids is 3. The Bertz CT molecular complexity index is 1370. The molecule has 0 spiro atoms. The van der Waals surface area contributed by atoms with E-state index in [1.54, 1.807) is 17.0 Å². The monoisotopic (exact) mass is 630 g/mol. The third kappa shape index (κ3) is 6.78. The number of amides is 4. The van der Waals surface area contributed by atoms with Crippen molar-refractivity contribution in [3.8, 4) is 0 Å². The predicted octanol–water partition coefficient (Wildman–Crippen LogP) is 5.70. The number of urea groups is 1. The molecular weight excluding hydrogens is 597 g/mol. The van der Waals surface area contributed by atoms with Gasteiger partial charge in [0.25, 0.3) is 0 Å². The maximum atomic E-state index is 13.9. The third-order valence-corrected chi connectivity index (χ3v) is 8.47. The van der Waals surface area contributed by atoms with Crippen LogP contribution in [-0.2, 0) is 27.4 Å². The summed E-state index contributed by atoms with van der Waals surface area (Å²) in [6.45, 7) is 5.10. The van der Waals surface area contributed by atoms with Gasteiger partial charge >= 0.3 is 18.4 Å². The second kappa shape index (κ2) is 11.9. The number of alkyl halides is 6. The number of nitrogens with zero attached hydrogens (tertiary/aromatic N) is 4. The zero-order valence-electron chi connectivity index (χ0n) is 24.6. The summed E-state index contributed by atoms with van der Waals surface area (Å²) in [5, 5.41) is 0. The Hall–Kier alpha value is -3.84. The quantitative estimate of drug-likeness (QED) is 0.408. The van der Waals surface area contributed by atoms with Crippen LogP contribution in [-0.4, -0.2) is 83.4 Å². The Kier molecular flexibility index (Phi) is 8.96. The van der Waals surface area contributed by atoms with Gasteiger partial charge in [0, 0.05) is 52.6 Å². The van der Waals surface area contributed by atoms with E-state index in [1.807, 2.05) is 0 Å². The van der Waals surface area contributed by atoms with Gasteiger partial charge in [-0.3, -0.25) is 9.59 Å². The van der Waals surface area contributed by atoms with Crippen LogP contribution in [0.15, 0.2) is 42.5 Å². The standard InChI is InChI=1S/C30H33F7N4O3/c1-18(42)39-9-11-40(12-10-39)27(44)41-17-20(19-5-7-24(31)8-6-19)13-25(41)38(4)26(43)28(2,3)21-14-22(29(32,33)34)16-23(15-21)30(35,36)37/h5-8,14-16,20,25H,9-13,17H2,1-4H3. The van der Waals surface area contributed by atoms with E-state index in [4.69, 9.17) is 0 Å². The lowest BCUT2D eigenvalue weighted by Gasteiger charge is -2.41. The lowest BCUT2D eigenvalue weighted by atomic mass is 9.81. The van der Waals surface area contributed by atoms with Crippen LogP contribution in [0, 0.1) is 5.82 Å². The number of halogens is 7. The molecule has 4 amide bonds. The van der Waals surface area contributed by atoms with Crippen molar-refractivity contribution in [1.82, 2.24) is 19.6 Å². The van der Waals surface area contributed by atoms with Crippen LogP contribution in [0.5, 0.6) is 0 Å². The van der Waals surface area contributed by atoms with Crippen LogP contribution in [0.1, 0.15) is 55.4 Å². The highest BCUT2D eigenvalue weighted by Crippen LogP contribution is 2.41. The Labute approximate surface area is 250 Å². The van der Waals surface area contributed by atoms with Crippen molar-refractivity contribution >= 4 is 17.8 Å². The number of carbonyl (C=O) groups is 3. The Morgan fingerprint density at radius 1 is 0.795 bits per heavy atom. The molecule has 0 saturated carbocycles. The van der Waals surface area contributed by atoms with Gasteiger partial charge in [-0.1, -0.05) is 12.1 Å². The van der Waals surface area contributed by atoms with Crippen molar-refractivity contribution in [1.29, 1.82) is 0 Å². The molecule has 7 nitrogen and oxygen atoms in total. The largest absolute Gasteiger partial charge is 0.416 e. The van der Waals surface area contributed by atoms with Gasteiger partial charge in [0.2, 0.25) is 11.8 Å². The lowest BCUT2D eigenvalue weighted by molar-refractivity contribution is -0.144. The fourth-order valence-corrected chi connectivity index (χ4v) is 5.77. The van der Waals surface area contributed by atoms with Gasteiger partial charge in [0.05, 0.1) is 16.5 Å². The van der Waals surface area contributed by atoms with Gasteiger partial charge in [-0.15, -0.1) is 0 Å². The zero-order chi connectivity index (χ0) is 32.8. The van der Waals surface area contributed by atoms with E-state index in [9.17, 15) is 45.1 Å². The molecule has 14 heteroatoms. The topological polar surface area (TPSA) is 64.2 Å². The second-order valence-electron chi connectivity index (χ2n) is 11.7. The summed E-state index contributed by atoms with van der Waals surface area (Å²) in [4.78, 5) is 45.2. The van der Waals surface area contributed by atoms with Gasteiger partial charge in [-0.2, -0.15) is 26.3 Å². The van der Waals surface area contributed by atoms with Gasteiger partial charge < -0.3 is 19.6 Å². The van der Waals surface area contributed by atoms with Gasteiger partial charge in [0.1, 0.15) is 12.0 Å². The van der Waals surface area contributed by atoms with E-state index in [2.05, 4.69) is 0 Å². The average Bonchev–Trinajstić information content (AvgIpc) is 3.40. The summed E-state index contributed by atoms with van der Waals surface area (Å²) in [7, 11) is 1.36. The highest BCUT2D eigenvalue weighted by molar-refractivity contribution is 5.88. The van der Waals surface area contributed by atoms with Crippen LogP contribution in [0.4, 0.5) is 35.5 Å². The number of likely N-dealkylation sites (tertiary alicyclic amines) is 1. The maximum Gasteiger partial charge on any atom is 0.416 e. The maximum absolute atomic E-state index is 13.9. The van der Waals surface area contributed by atoms with E-state index in [0.717, 1.165) is 0 Å². The first-order chi connectivity index (χ1) is 20.3. The fraction of sp³-hybridized carbons (Fsp3) is 0.500. The number of likely N-dealkylation sites (N-methyl/N-ethyl adjacent to an activating group) is 1. The molecule has 44 heavy (non-hydrogen) atoms. The van der Waals surface area contributed by atoms with E-state index < -0.39 is 58.4 Å². The molecule has 2 fully saturated rings. The minimum atomic E-state index is -5.09. The van der Waals surface area contributed by atoms with Crippen molar-refractivity contribution in [3.63, 3.8) is 0 Å². The molecule has 0 bridgehead atoms. The van der Waals surface area contributed by atoms with Crippen LogP contribution in [0.2, 0.25) is 0 Å².